The molecule has 1 aliphatic rings. The molecule has 0 aliphatic carbocycles. The molecule has 0 saturated carbocycles. The van der Waals surface area contributed by atoms with Gasteiger partial charge in [-0.1, -0.05) is 30.3 Å². The summed E-state index contributed by atoms with van der Waals surface area (Å²) >= 11 is 0. The number of dihydropyridines is 1. The van der Waals surface area contributed by atoms with Gasteiger partial charge >= 0.3 is 11.7 Å². The number of nitro groups is 1. The molecular formula is C20H26N2O5. The smallest absolute Gasteiger partial charge is 0.311 e. The van der Waals surface area contributed by atoms with Gasteiger partial charge in [-0.05, 0) is 57.9 Å². The van der Waals surface area contributed by atoms with E-state index in [-0.39, 0.29) is 0 Å². The van der Waals surface area contributed by atoms with E-state index >= 15 is 0 Å². The molecule has 2 rings (SSSR count). The fourth-order valence-corrected chi connectivity index (χ4v) is 3.01. The first-order valence-corrected chi connectivity index (χ1v) is 8.91. The quantitative estimate of drug-likeness (QED) is 0.432. The van der Waals surface area contributed by atoms with E-state index in [4.69, 9.17) is 4.74 Å². The lowest BCUT2D eigenvalue weighted by atomic mass is 9.94. The van der Waals surface area contributed by atoms with Crippen LogP contribution < -0.4 is 5.32 Å². The fraction of sp³-hybridized carbons (Fsp3) is 0.450. The van der Waals surface area contributed by atoms with Crippen LogP contribution in [0.2, 0.25) is 0 Å². The summed E-state index contributed by atoms with van der Waals surface area (Å²) in [5, 5.41) is 25.0. The highest BCUT2D eigenvalue weighted by molar-refractivity contribution is 5.72. The van der Waals surface area contributed by atoms with Gasteiger partial charge in [0.2, 0.25) is 5.72 Å². The fourth-order valence-electron chi connectivity index (χ4n) is 3.01. The molecule has 7 heteroatoms. The van der Waals surface area contributed by atoms with E-state index in [0.717, 1.165) is 12.0 Å². The summed E-state index contributed by atoms with van der Waals surface area (Å²) in [5.74, 6) is -0.712. The van der Waals surface area contributed by atoms with Crippen molar-refractivity contribution in [2.45, 2.75) is 57.8 Å². The van der Waals surface area contributed by atoms with E-state index in [9.17, 15) is 20.0 Å². The van der Waals surface area contributed by atoms with Crippen molar-refractivity contribution in [3.05, 3.63) is 69.6 Å². The number of nitrogens with one attached hydrogen (secondary N) is 1. The van der Waals surface area contributed by atoms with Gasteiger partial charge in [0, 0.05) is 5.57 Å². The molecule has 1 atom stereocenters. The number of esters is 1. The van der Waals surface area contributed by atoms with Gasteiger partial charge in [0.05, 0.1) is 4.92 Å². The molecule has 0 aromatic heterocycles. The van der Waals surface area contributed by atoms with Crippen molar-refractivity contribution in [3.8, 4) is 0 Å². The number of aryl methyl sites for hydroxylation is 1. The van der Waals surface area contributed by atoms with Gasteiger partial charge < -0.3 is 15.2 Å². The Morgan fingerprint density at radius 3 is 2.52 bits per heavy atom. The third kappa shape index (κ3) is 5.92. The van der Waals surface area contributed by atoms with Gasteiger partial charge in [0.15, 0.2) is 0 Å². The highest BCUT2D eigenvalue weighted by Crippen LogP contribution is 2.30. The first-order chi connectivity index (χ1) is 12.6. The first-order valence-electron chi connectivity index (χ1n) is 8.91. The van der Waals surface area contributed by atoms with Crippen LogP contribution in [0, 0.1) is 10.1 Å². The number of hydrogen-bond donors (Lipinski definition) is 2. The van der Waals surface area contributed by atoms with Crippen LogP contribution in [0.25, 0.3) is 0 Å². The predicted octanol–water partition coefficient (Wildman–Crippen LogP) is 3.08. The maximum absolute atomic E-state index is 12.1. The highest BCUT2D eigenvalue weighted by atomic mass is 16.6. The molecule has 7 nitrogen and oxygen atoms in total. The average Bonchev–Trinajstić information content (AvgIpc) is 2.53. The molecule has 1 unspecified atom stereocenters. The number of ether oxygens (including phenoxy) is 1. The van der Waals surface area contributed by atoms with Crippen LogP contribution in [-0.2, 0) is 16.0 Å². The summed E-state index contributed by atoms with van der Waals surface area (Å²) in [4.78, 5) is 23.1. The SMILES string of the molecule is CC(C)(C)OC(=O)CC1(O)NC=CC(CCCc2ccccc2)=C1[N+](=O)[O-]. The van der Waals surface area contributed by atoms with Gasteiger partial charge in [-0.25, -0.2) is 0 Å². The number of rotatable bonds is 7. The summed E-state index contributed by atoms with van der Waals surface area (Å²) in [6.07, 6.45) is 4.33. The van der Waals surface area contributed by atoms with Crippen LogP contribution in [0.15, 0.2) is 53.9 Å². The average molecular weight is 374 g/mol. The summed E-state index contributed by atoms with van der Waals surface area (Å²) in [6.45, 7) is 5.09. The minimum Gasteiger partial charge on any atom is -0.460 e. The Bertz CT molecular complexity index is 749. The largest absolute Gasteiger partial charge is 0.460 e. The maximum Gasteiger partial charge on any atom is 0.311 e. The molecule has 0 bridgehead atoms. The second-order valence-corrected chi connectivity index (χ2v) is 7.57. The van der Waals surface area contributed by atoms with Gasteiger partial charge in [-0.2, -0.15) is 0 Å². The lowest BCUT2D eigenvalue weighted by molar-refractivity contribution is -0.447. The van der Waals surface area contributed by atoms with Crippen LogP contribution in [0.3, 0.4) is 0 Å². The lowest BCUT2D eigenvalue weighted by Crippen LogP contribution is -2.50. The molecule has 0 fully saturated rings. The zero-order valence-electron chi connectivity index (χ0n) is 15.9. The standard InChI is InChI=1S/C20H26N2O5/c1-19(2,3)27-17(23)14-20(24)18(22(25)26)16(12-13-21-20)11-7-10-15-8-5-4-6-9-15/h4-6,8-9,12-13,21,24H,7,10-11,14H2,1-3H3. The minimum atomic E-state index is -2.09. The van der Waals surface area contributed by atoms with Crippen LogP contribution >= 0.6 is 0 Å². The van der Waals surface area contributed by atoms with Crippen LogP contribution in [0.1, 0.15) is 45.6 Å². The molecule has 1 aromatic rings. The number of allylic oxidation sites excluding steroid dienone is 2. The van der Waals surface area contributed by atoms with Crippen molar-refractivity contribution >= 4 is 5.97 Å². The maximum atomic E-state index is 12.1. The topological polar surface area (TPSA) is 102 Å². The first kappa shape index (κ1) is 20.6. The third-order valence-corrected chi connectivity index (χ3v) is 4.06. The molecule has 146 valence electrons. The monoisotopic (exact) mass is 374 g/mol. The molecule has 1 aromatic carbocycles. The van der Waals surface area contributed by atoms with Crippen LogP contribution in [0.4, 0.5) is 0 Å². The van der Waals surface area contributed by atoms with Crippen molar-refractivity contribution in [1.29, 1.82) is 0 Å². The summed E-state index contributed by atoms with van der Waals surface area (Å²) in [6, 6.07) is 9.82. The number of hydrogen-bond acceptors (Lipinski definition) is 6. The zero-order chi connectivity index (χ0) is 20.1. The number of carbonyl (C=O) groups excluding carboxylic acids is 1. The van der Waals surface area contributed by atoms with Gasteiger partial charge in [0.25, 0.3) is 0 Å². The van der Waals surface area contributed by atoms with E-state index < -0.39 is 34.3 Å². The summed E-state index contributed by atoms with van der Waals surface area (Å²) < 4.78 is 5.20. The number of aliphatic hydroxyl groups is 1. The molecule has 1 heterocycles. The predicted molar refractivity (Wildman–Crippen MR) is 101 cm³/mol. The van der Waals surface area contributed by atoms with E-state index in [1.54, 1.807) is 26.8 Å². The van der Waals surface area contributed by atoms with Crippen LogP contribution in [-0.4, -0.2) is 27.3 Å². The third-order valence-electron chi connectivity index (χ3n) is 4.06. The second kappa shape index (κ2) is 8.35. The molecule has 0 radical (unpaired) electrons. The number of nitrogens with zero attached hydrogens (tertiary/aromatic N) is 1. The molecular weight excluding hydrogens is 348 g/mol. The van der Waals surface area contributed by atoms with Gasteiger partial charge in [-0.3, -0.25) is 14.9 Å². The molecule has 0 spiro atoms. The molecule has 2 N–H and O–H groups in total. The Hall–Kier alpha value is -2.67. The Labute approximate surface area is 158 Å². The molecule has 1 aliphatic heterocycles. The zero-order valence-corrected chi connectivity index (χ0v) is 15.9. The normalized spacial score (nSPS) is 19.6. The van der Waals surface area contributed by atoms with Crippen molar-refractivity contribution in [2.75, 3.05) is 0 Å². The molecule has 0 saturated heterocycles. The van der Waals surface area contributed by atoms with Crippen molar-refractivity contribution in [3.63, 3.8) is 0 Å². The van der Waals surface area contributed by atoms with E-state index in [2.05, 4.69) is 5.32 Å². The minimum absolute atomic E-state index is 0.399. The van der Waals surface area contributed by atoms with Crippen molar-refractivity contribution in [1.82, 2.24) is 5.32 Å². The summed E-state index contributed by atoms with van der Waals surface area (Å²) in [5.41, 5.74) is -1.69. The number of benzene rings is 1. The second-order valence-electron chi connectivity index (χ2n) is 7.57. The van der Waals surface area contributed by atoms with E-state index in [0.29, 0.717) is 18.4 Å². The van der Waals surface area contributed by atoms with E-state index in [1.807, 2.05) is 30.3 Å². The van der Waals surface area contributed by atoms with Crippen LogP contribution in [0.5, 0.6) is 0 Å². The Morgan fingerprint density at radius 2 is 1.93 bits per heavy atom. The summed E-state index contributed by atoms with van der Waals surface area (Å²) in [7, 11) is 0. The number of carbonyl (C=O) groups is 1. The lowest BCUT2D eigenvalue weighted by Gasteiger charge is -2.30. The molecule has 27 heavy (non-hydrogen) atoms. The Kier molecular flexibility index (Phi) is 6.38. The van der Waals surface area contributed by atoms with Crippen molar-refractivity contribution in [2.24, 2.45) is 0 Å². The van der Waals surface area contributed by atoms with Gasteiger partial charge in [0.1, 0.15) is 12.0 Å². The highest BCUT2D eigenvalue weighted by Gasteiger charge is 2.46. The van der Waals surface area contributed by atoms with Gasteiger partial charge in [-0.15, -0.1) is 0 Å². The van der Waals surface area contributed by atoms with Crippen molar-refractivity contribution < 1.29 is 19.6 Å². The van der Waals surface area contributed by atoms with E-state index in [1.165, 1.54) is 6.20 Å². The Morgan fingerprint density at radius 1 is 1.26 bits per heavy atom. The molecule has 0 amide bonds. The Balaban J connectivity index is 2.14.